The predicted molar refractivity (Wildman–Crippen MR) is 86.8 cm³/mol. The molecular weight excluding hydrogens is 278 g/mol. The van der Waals surface area contributed by atoms with Gasteiger partial charge in [0, 0.05) is 25.8 Å². The molecule has 0 bridgehead atoms. The number of aryl methyl sites for hydroxylation is 4. The van der Waals surface area contributed by atoms with Gasteiger partial charge in [-0.1, -0.05) is 6.07 Å². The molecule has 0 aliphatic carbocycles. The van der Waals surface area contributed by atoms with Crippen LogP contribution in [0.5, 0.6) is 0 Å². The lowest BCUT2D eigenvalue weighted by atomic mass is 10.1. The summed E-state index contributed by atoms with van der Waals surface area (Å²) >= 11 is 0. The Morgan fingerprint density at radius 1 is 1.14 bits per heavy atom. The van der Waals surface area contributed by atoms with Gasteiger partial charge in [0.05, 0.1) is 23.3 Å². The van der Waals surface area contributed by atoms with Gasteiger partial charge in [-0.05, 0) is 37.6 Å². The molecule has 6 nitrogen and oxygen atoms in total. The van der Waals surface area contributed by atoms with Gasteiger partial charge in [-0.3, -0.25) is 13.8 Å². The number of nitrogens with zero attached hydrogens (tertiary/aromatic N) is 4. The smallest absolute Gasteiger partial charge is 0.322 e. The molecule has 0 saturated carbocycles. The van der Waals surface area contributed by atoms with Gasteiger partial charge in [0.15, 0.2) is 0 Å². The summed E-state index contributed by atoms with van der Waals surface area (Å²) in [6.45, 7) is 4.61. The van der Waals surface area contributed by atoms with Crippen molar-refractivity contribution in [3.8, 4) is 0 Å². The normalized spacial score (nSPS) is 13.0. The van der Waals surface area contributed by atoms with Crippen LogP contribution in [0.4, 0.5) is 0 Å². The summed E-state index contributed by atoms with van der Waals surface area (Å²) in [6, 6.07) is 7.80. The van der Waals surface area contributed by atoms with E-state index in [0.29, 0.717) is 6.54 Å². The monoisotopic (exact) mass is 299 g/mol. The highest BCUT2D eigenvalue weighted by Crippen LogP contribution is 2.19. The highest BCUT2D eigenvalue weighted by Gasteiger charge is 2.13. The standard InChI is InChI=1S/C16H21N5O/c1-10-7-11(2)21(18-10)9-13(17)12-5-6-14-15(8-12)20(4)16(22)19(14)3/h5-8,13H,9,17H2,1-4H3. The summed E-state index contributed by atoms with van der Waals surface area (Å²) < 4.78 is 5.22. The minimum absolute atomic E-state index is 0.0285. The molecule has 0 radical (unpaired) electrons. The van der Waals surface area contributed by atoms with E-state index in [1.165, 1.54) is 0 Å². The van der Waals surface area contributed by atoms with E-state index in [-0.39, 0.29) is 11.7 Å². The highest BCUT2D eigenvalue weighted by molar-refractivity contribution is 5.77. The Labute approximate surface area is 128 Å². The van der Waals surface area contributed by atoms with E-state index in [9.17, 15) is 4.79 Å². The predicted octanol–water partition coefficient (Wildman–Crippen LogP) is 1.39. The number of hydrogen-bond acceptors (Lipinski definition) is 3. The van der Waals surface area contributed by atoms with Gasteiger partial charge in [0.2, 0.25) is 0 Å². The summed E-state index contributed by atoms with van der Waals surface area (Å²) in [7, 11) is 3.56. The van der Waals surface area contributed by atoms with Gasteiger partial charge < -0.3 is 5.73 Å². The minimum Gasteiger partial charge on any atom is -0.322 e. The molecule has 22 heavy (non-hydrogen) atoms. The number of imidazole rings is 1. The van der Waals surface area contributed by atoms with Crippen LogP contribution in [0.3, 0.4) is 0 Å². The van der Waals surface area contributed by atoms with Crippen LogP contribution in [-0.4, -0.2) is 18.9 Å². The van der Waals surface area contributed by atoms with Crippen LogP contribution in [0.2, 0.25) is 0 Å². The molecule has 2 aromatic heterocycles. The van der Waals surface area contributed by atoms with Crippen LogP contribution < -0.4 is 11.4 Å². The summed E-state index contributed by atoms with van der Waals surface area (Å²) in [4.78, 5) is 12.0. The van der Waals surface area contributed by atoms with Crippen molar-refractivity contribution in [3.63, 3.8) is 0 Å². The number of hydrogen-bond donors (Lipinski definition) is 1. The molecule has 0 saturated heterocycles. The fourth-order valence-electron chi connectivity index (χ4n) is 2.91. The molecule has 1 aromatic carbocycles. The SMILES string of the molecule is Cc1cc(C)n(CC(N)c2ccc3c(c2)n(C)c(=O)n3C)n1. The lowest BCUT2D eigenvalue weighted by Crippen LogP contribution is -2.19. The first kappa shape index (κ1) is 14.6. The molecule has 0 amide bonds. The van der Waals surface area contributed by atoms with Crippen molar-refractivity contribution in [1.29, 1.82) is 0 Å². The van der Waals surface area contributed by atoms with Crippen molar-refractivity contribution in [1.82, 2.24) is 18.9 Å². The molecule has 1 unspecified atom stereocenters. The maximum Gasteiger partial charge on any atom is 0.328 e. The Bertz CT molecular complexity index is 899. The average molecular weight is 299 g/mol. The molecule has 0 aliphatic heterocycles. The van der Waals surface area contributed by atoms with E-state index in [0.717, 1.165) is 28.0 Å². The Morgan fingerprint density at radius 2 is 1.82 bits per heavy atom. The largest absolute Gasteiger partial charge is 0.328 e. The Kier molecular flexibility index (Phi) is 3.41. The maximum atomic E-state index is 12.0. The topological polar surface area (TPSA) is 70.8 Å². The van der Waals surface area contributed by atoms with Crippen LogP contribution >= 0.6 is 0 Å². The quantitative estimate of drug-likeness (QED) is 0.794. The zero-order chi connectivity index (χ0) is 16.0. The summed E-state index contributed by atoms with van der Waals surface area (Å²) in [6.07, 6.45) is 0. The molecule has 116 valence electrons. The first-order chi connectivity index (χ1) is 10.4. The fraction of sp³-hybridized carbons (Fsp3) is 0.375. The van der Waals surface area contributed by atoms with E-state index in [4.69, 9.17) is 5.73 Å². The zero-order valence-corrected chi connectivity index (χ0v) is 13.4. The summed E-state index contributed by atoms with van der Waals surface area (Å²) in [5.41, 5.74) is 11.2. The van der Waals surface area contributed by atoms with E-state index in [1.54, 1.807) is 23.2 Å². The zero-order valence-electron chi connectivity index (χ0n) is 13.4. The van der Waals surface area contributed by atoms with E-state index >= 15 is 0 Å². The number of aromatic nitrogens is 4. The van der Waals surface area contributed by atoms with Gasteiger partial charge in [-0.25, -0.2) is 4.79 Å². The van der Waals surface area contributed by atoms with Crippen molar-refractivity contribution in [2.45, 2.75) is 26.4 Å². The minimum atomic E-state index is -0.169. The number of rotatable bonds is 3. The van der Waals surface area contributed by atoms with Crippen molar-refractivity contribution >= 4 is 11.0 Å². The van der Waals surface area contributed by atoms with Crippen LogP contribution in [0.25, 0.3) is 11.0 Å². The summed E-state index contributed by atoms with van der Waals surface area (Å²) in [5.74, 6) is 0. The Hall–Kier alpha value is -2.34. The number of nitrogens with two attached hydrogens (primary N) is 1. The van der Waals surface area contributed by atoms with Crippen molar-refractivity contribution in [2.75, 3.05) is 0 Å². The second kappa shape index (κ2) is 5.14. The van der Waals surface area contributed by atoms with Crippen molar-refractivity contribution in [2.24, 2.45) is 19.8 Å². The molecular formula is C16H21N5O. The molecule has 3 aromatic rings. The average Bonchev–Trinajstić information content (AvgIpc) is 2.91. The van der Waals surface area contributed by atoms with Gasteiger partial charge >= 0.3 is 5.69 Å². The van der Waals surface area contributed by atoms with Gasteiger partial charge in [-0.15, -0.1) is 0 Å². The molecule has 0 spiro atoms. The lowest BCUT2D eigenvalue weighted by molar-refractivity contribution is 0.515. The third kappa shape index (κ3) is 2.25. The molecule has 2 N–H and O–H groups in total. The van der Waals surface area contributed by atoms with Gasteiger partial charge in [0.1, 0.15) is 0 Å². The Balaban J connectivity index is 1.97. The highest BCUT2D eigenvalue weighted by atomic mass is 16.1. The lowest BCUT2D eigenvalue weighted by Gasteiger charge is -2.14. The molecule has 1 atom stereocenters. The fourth-order valence-corrected chi connectivity index (χ4v) is 2.91. The molecule has 2 heterocycles. The summed E-state index contributed by atoms with van der Waals surface area (Å²) in [5, 5.41) is 4.45. The van der Waals surface area contributed by atoms with Crippen LogP contribution in [0, 0.1) is 13.8 Å². The molecule has 6 heteroatoms. The van der Waals surface area contributed by atoms with Crippen LogP contribution in [-0.2, 0) is 20.6 Å². The second-order valence-corrected chi connectivity index (χ2v) is 5.86. The number of fused-ring (bicyclic) bond motifs is 1. The number of benzene rings is 1. The first-order valence-electron chi connectivity index (χ1n) is 7.30. The molecule has 3 rings (SSSR count). The third-order valence-electron chi connectivity index (χ3n) is 4.20. The maximum absolute atomic E-state index is 12.0. The van der Waals surface area contributed by atoms with Crippen LogP contribution in [0.15, 0.2) is 29.1 Å². The second-order valence-electron chi connectivity index (χ2n) is 5.86. The van der Waals surface area contributed by atoms with Crippen LogP contribution in [0.1, 0.15) is 23.0 Å². The van der Waals surface area contributed by atoms with Gasteiger partial charge in [0.25, 0.3) is 0 Å². The van der Waals surface area contributed by atoms with Crippen molar-refractivity contribution in [3.05, 3.63) is 51.7 Å². The van der Waals surface area contributed by atoms with Crippen molar-refractivity contribution < 1.29 is 0 Å². The third-order valence-corrected chi connectivity index (χ3v) is 4.20. The van der Waals surface area contributed by atoms with Gasteiger partial charge in [-0.2, -0.15) is 5.10 Å². The van der Waals surface area contributed by atoms with E-state index in [2.05, 4.69) is 5.10 Å². The van der Waals surface area contributed by atoms with E-state index in [1.807, 2.05) is 42.8 Å². The van der Waals surface area contributed by atoms with E-state index < -0.39 is 0 Å². The Morgan fingerprint density at radius 3 is 2.45 bits per heavy atom. The first-order valence-corrected chi connectivity index (χ1v) is 7.30. The molecule has 0 aliphatic rings. The molecule has 0 fully saturated rings.